The van der Waals surface area contributed by atoms with Gasteiger partial charge in [0.1, 0.15) is 0 Å². The molecule has 0 aliphatic rings. The Kier molecular flexibility index (Phi) is 5.07. The Balaban J connectivity index is 1.80. The summed E-state index contributed by atoms with van der Waals surface area (Å²) in [6.45, 7) is 2.56. The van der Waals surface area contributed by atoms with Crippen molar-refractivity contribution < 1.29 is 4.79 Å². The average Bonchev–Trinajstić information content (AvgIpc) is 2.45. The molecule has 0 saturated heterocycles. The third kappa shape index (κ3) is 4.31. The van der Waals surface area contributed by atoms with E-state index in [4.69, 9.17) is 5.73 Å². The van der Waals surface area contributed by atoms with E-state index in [0.29, 0.717) is 12.3 Å². The van der Waals surface area contributed by atoms with Crippen molar-refractivity contribution in [1.29, 1.82) is 0 Å². The monoisotopic (exact) mass is 286 g/mol. The van der Waals surface area contributed by atoms with E-state index in [-0.39, 0.29) is 5.91 Å². The van der Waals surface area contributed by atoms with Gasteiger partial charge in [0, 0.05) is 17.1 Å². The van der Waals surface area contributed by atoms with Gasteiger partial charge in [-0.1, -0.05) is 36.4 Å². The molecule has 0 aromatic heterocycles. The van der Waals surface area contributed by atoms with Crippen LogP contribution in [0.25, 0.3) is 0 Å². The summed E-state index contributed by atoms with van der Waals surface area (Å²) in [6.07, 6.45) is 0. The lowest BCUT2D eigenvalue weighted by molar-refractivity contribution is -0.118. The second kappa shape index (κ2) is 7.01. The number of nitrogens with two attached hydrogens (primary N) is 1. The molecule has 2 aromatic rings. The quantitative estimate of drug-likeness (QED) is 0.656. The second-order valence-corrected chi connectivity index (χ2v) is 5.61. The van der Waals surface area contributed by atoms with Gasteiger partial charge in [-0.3, -0.25) is 4.79 Å². The van der Waals surface area contributed by atoms with Gasteiger partial charge < -0.3 is 11.1 Å². The van der Waals surface area contributed by atoms with Crippen LogP contribution in [0.1, 0.15) is 11.1 Å². The number of carbonyl (C=O) groups is 1. The lowest BCUT2D eigenvalue weighted by Crippen LogP contribution is -2.24. The maximum atomic E-state index is 11.8. The highest BCUT2D eigenvalue weighted by Gasteiger charge is 2.05. The van der Waals surface area contributed by atoms with Crippen molar-refractivity contribution in [3.8, 4) is 0 Å². The van der Waals surface area contributed by atoms with Crippen LogP contribution >= 0.6 is 11.8 Å². The van der Waals surface area contributed by atoms with Crippen molar-refractivity contribution in [3.05, 3.63) is 59.7 Å². The SMILES string of the molecule is Cc1ccc(SCC(=O)NCc2ccccc2)c(N)c1. The molecule has 0 aliphatic heterocycles. The fourth-order valence-electron chi connectivity index (χ4n) is 1.79. The maximum Gasteiger partial charge on any atom is 0.230 e. The summed E-state index contributed by atoms with van der Waals surface area (Å²) in [4.78, 5) is 12.7. The summed E-state index contributed by atoms with van der Waals surface area (Å²) < 4.78 is 0. The van der Waals surface area contributed by atoms with Crippen LogP contribution in [0.5, 0.6) is 0 Å². The first kappa shape index (κ1) is 14.5. The standard InChI is InChI=1S/C16H18N2OS/c1-12-7-8-15(14(17)9-12)20-11-16(19)18-10-13-5-3-2-4-6-13/h2-9H,10-11,17H2,1H3,(H,18,19). The molecule has 104 valence electrons. The molecule has 0 fully saturated rings. The lowest BCUT2D eigenvalue weighted by Gasteiger charge is -2.07. The van der Waals surface area contributed by atoms with E-state index in [2.05, 4.69) is 5.32 Å². The lowest BCUT2D eigenvalue weighted by atomic mass is 10.2. The van der Waals surface area contributed by atoms with Gasteiger partial charge in [-0.25, -0.2) is 0 Å². The molecular weight excluding hydrogens is 268 g/mol. The van der Waals surface area contributed by atoms with E-state index in [9.17, 15) is 4.79 Å². The molecule has 0 spiro atoms. The minimum Gasteiger partial charge on any atom is -0.398 e. The Bertz CT molecular complexity index is 584. The Labute approximate surface area is 123 Å². The zero-order valence-corrected chi connectivity index (χ0v) is 12.2. The Morgan fingerprint density at radius 1 is 1.20 bits per heavy atom. The van der Waals surface area contributed by atoms with Crippen molar-refractivity contribution >= 4 is 23.4 Å². The zero-order chi connectivity index (χ0) is 14.4. The number of thioether (sulfide) groups is 1. The summed E-state index contributed by atoms with van der Waals surface area (Å²) >= 11 is 1.46. The highest BCUT2D eigenvalue weighted by atomic mass is 32.2. The van der Waals surface area contributed by atoms with Crippen LogP contribution in [-0.4, -0.2) is 11.7 Å². The van der Waals surface area contributed by atoms with Crippen LogP contribution in [0.2, 0.25) is 0 Å². The number of nitrogen functional groups attached to an aromatic ring is 1. The molecule has 0 unspecified atom stereocenters. The number of benzene rings is 2. The van der Waals surface area contributed by atoms with Gasteiger partial charge >= 0.3 is 0 Å². The van der Waals surface area contributed by atoms with Crippen molar-refractivity contribution in [3.63, 3.8) is 0 Å². The van der Waals surface area contributed by atoms with E-state index >= 15 is 0 Å². The zero-order valence-electron chi connectivity index (χ0n) is 11.4. The summed E-state index contributed by atoms with van der Waals surface area (Å²) in [7, 11) is 0. The number of hydrogen-bond acceptors (Lipinski definition) is 3. The van der Waals surface area contributed by atoms with Crippen molar-refractivity contribution in [1.82, 2.24) is 5.32 Å². The van der Waals surface area contributed by atoms with Crippen molar-refractivity contribution in [2.75, 3.05) is 11.5 Å². The van der Waals surface area contributed by atoms with Crippen molar-refractivity contribution in [2.45, 2.75) is 18.4 Å². The van der Waals surface area contributed by atoms with Crippen LogP contribution in [0.3, 0.4) is 0 Å². The molecule has 3 N–H and O–H groups in total. The van der Waals surface area contributed by atoms with Gasteiger partial charge in [-0.2, -0.15) is 0 Å². The number of nitrogens with one attached hydrogen (secondary N) is 1. The first-order valence-corrected chi connectivity index (χ1v) is 7.43. The molecule has 3 nitrogen and oxygen atoms in total. The van der Waals surface area contributed by atoms with E-state index in [1.54, 1.807) is 0 Å². The number of anilines is 1. The fraction of sp³-hybridized carbons (Fsp3) is 0.188. The van der Waals surface area contributed by atoms with Crippen LogP contribution in [-0.2, 0) is 11.3 Å². The minimum absolute atomic E-state index is 0.0128. The third-order valence-corrected chi connectivity index (χ3v) is 3.95. The Morgan fingerprint density at radius 3 is 2.65 bits per heavy atom. The maximum absolute atomic E-state index is 11.8. The van der Waals surface area contributed by atoms with Crippen LogP contribution in [0.4, 0.5) is 5.69 Å². The minimum atomic E-state index is 0.0128. The van der Waals surface area contributed by atoms with Gasteiger partial charge in [0.05, 0.1) is 5.75 Å². The predicted molar refractivity (Wildman–Crippen MR) is 84.6 cm³/mol. The molecule has 1 amide bonds. The van der Waals surface area contributed by atoms with E-state index in [1.807, 2.05) is 55.5 Å². The molecule has 0 saturated carbocycles. The average molecular weight is 286 g/mol. The summed E-state index contributed by atoms with van der Waals surface area (Å²) in [6, 6.07) is 15.7. The van der Waals surface area contributed by atoms with E-state index in [0.717, 1.165) is 21.7 Å². The number of rotatable bonds is 5. The summed E-state index contributed by atoms with van der Waals surface area (Å²) in [5.74, 6) is 0.388. The molecule has 4 heteroatoms. The highest BCUT2D eigenvalue weighted by Crippen LogP contribution is 2.25. The number of hydrogen-bond donors (Lipinski definition) is 2. The molecule has 0 heterocycles. The summed E-state index contributed by atoms with van der Waals surface area (Å²) in [5.41, 5.74) is 8.87. The molecular formula is C16H18N2OS. The van der Waals surface area contributed by atoms with Gasteiger partial charge in [0.15, 0.2) is 0 Å². The molecule has 2 aromatic carbocycles. The van der Waals surface area contributed by atoms with Crippen molar-refractivity contribution in [2.24, 2.45) is 0 Å². The molecule has 0 atom stereocenters. The van der Waals surface area contributed by atoms with Gasteiger partial charge in [0.25, 0.3) is 0 Å². The molecule has 2 rings (SSSR count). The number of amides is 1. The largest absolute Gasteiger partial charge is 0.398 e. The first-order valence-electron chi connectivity index (χ1n) is 6.44. The Hall–Kier alpha value is -1.94. The van der Waals surface area contributed by atoms with Crippen LogP contribution in [0.15, 0.2) is 53.4 Å². The van der Waals surface area contributed by atoms with Crippen LogP contribution < -0.4 is 11.1 Å². The van der Waals surface area contributed by atoms with Gasteiger partial charge in [-0.15, -0.1) is 11.8 Å². The molecule has 0 radical (unpaired) electrons. The predicted octanol–water partition coefficient (Wildman–Crippen LogP) is 2.99. The molecule has 0 aliphatic carbocycles. The fourth-order valence-corrected chi connectivity index (χ4v) is 2.57. The Morgan fingerprint density at radius 2 is 1.95 bits per heavy atom. The molecule has 20 heavy (non-hydrogen) atoms. The topological polar surface area (TPSA) is 55.1 Å². The molecule has 0 bridgehead atoms. The second-order valence-electron chi connectivity index (χ2n) is 4.59. The highest BCUT2D eigenvalue weighted by molar-refractivity contribution is 8.00. The smallest absolute Gasteiger partial charge is 0.230 e. The third-order valence-electron chi connectivity index (χ3n) is 2.86. The number of aryl methyl sites for hydroxylation is 1. The number of carbonyl (C=O) groups excluding carboxylic acids is 1. The van der Waals surface area contributed by atoms with E-state index in [1.165, 1.54) is 11.8 Å². The van der Waals surface area contributed by atoms with Crippen LogP contribution in [0, 0.1) is 6.92 Å². The normalized spacial score (nSPS) is 10.2. The first-order chi connectivity index (χ1) is 9.65. The van der Waals surface area contributed by atoms with Gasteiger partial charge in [-0.05, 0) is 30.2 Å². The van der Waals surface area contributed by atoms with E-state index < -0.39 is 0 Å². The summed E-state index contributed by atoms with van der Waals surface area (Å²) in [5, 5.41) is 2.90. The van der Waals surface area contributed by atoms with Gasteiger partial charge in [0.2, 0.25) is 5.91 Å².